The van der Waals surface area contributed by atoms with E-state index in [-0.39, 0.29) is 44.7 Å². The number of amides is 2. The summed E-state index contributed by atoms with van der Waals surface area (Å²) in [6.45, 7) is 1.18. The second-order valence-electron chi connectivity index (χ2n) is 13.9. The van der Waals surface area contributed by atoms with Crippen molar-refractivity contribution in [2.75, 3.05) is 17.1 Å². The molecule has 0 spiro atoms. The van der Waals surface area contributed by atoms with Crippen molar-refractivity contribution in [1.82, 2.24) is 20.1 Å². The number of carbonyl (C=O) groups is 2. The predicted octanol–water partition coefficient (Wildman–Crippen LogP) is 8.65. The van der Waals surface area contributed by atoms with E-state index in [2.05, 4.69) is 20.4 Å². The first kappa shape index (κ1) is 46.8. The largest absolute Gasteiger partial charge is 0.431 e. The zero-order valence-corrected chi connectivity index (χ0v) is 34.1. The lowest BCUT2D eigenvalue weighted by Gasteiger charge is -2.23. The molecule has 0 radical (unpaired) electrons. The number of benzene rings is 2. The van der Waals surface area contributed by atoms with Crippen LogP contribution in [-0.4, -0.2) is 67.6 Å². The van der Waals surface area contributed by atoms with Gasteiger partial charge in [-0.3, -0.25) is 24.2 Å². The summed E-state index contributed by atoms with van der Waals surface area (Å²) in [4.78, 5) is 35.0. The molecule has 0 aliphatic heterocycles. The summed E-state index contributed by atoms with van der Waals surface area (Å²) in [5, 5.41) is 6.09. The summed E-state index contributed by atoms with van der Waals surface area (Å²) in [6.07, 6.45) is -7.81. The fraction of sp³-hybridized carbons (Fsp3) is 0.359. The lowest BCUT2D eigenvalue weighted by atomic mass is 9.93. The van der Waals surface area contributed by atoms with Crippen LogP contribution in [0.4, 0.5) is 49.7 Å². The van der Waals surface area contributed by atoms with Crippen LogP contribution in [-0.2, 0) is 40.0 Å². The van der Waals surface area contributed by atoms with Gasteiger partial charge in [-0.2, -0.15) is 40.2 Å². The Labute approximate surface area is 349 Å². The normalized spacial score (nSPS) is 18.2. The molecule has 2 heterocycles. The molecular weight excluding hydrogens is 872 g/mol. The number of aromatic nitrogens is 3. The van der Waals surface area contributed by atoms with Gasteiger partial charge in [-0.05, 0) is 56.0 Å². The lowest BCUT2D eigenvalue weighted by molar-refractivity contribution is -0.141. The van der Waals surface area contributed by atoms with Crippen molar-refractivity contribution in [3.8, 4) is 11.1 Å². The van der Waals surface area contributed by atoms with Crippen molar-refractivity contribution < 1.29 is 57.7 Å². The molecule has 3 N–H and O–H groups in total. The van der Waals surface area contributed by atoms with Gasteiger partial charge in [-0.1, -0.05) is 43.7 Å². The Morgan fingerprint density at radius 3 is 2.31 bits per heavy atom. The Bertz CT molecular complexity index is 2460. The third kappa shape index (κ3) is 10.3. The third-order valence-corrected chi connectivity index (χ3v) is 10.7. The van der Waals surface area contributed by atoms with Crippen LogP contribution < -0.4 is 15.4 Å². The number of anilines is 1. The van der Waals surface area contributed by atoms with Crippen molar-refractivity contribution in [2.45, 2.75) is 70.9 Å². The number of hydrogen-bond acceptors (Lipinski definition) is 7. The Hall–Kier alpha value is -5.31. The van der Waals surface area contributed by atoms with E-state index >= 15 is 8.78 Å². The van der Waals surface area contributed by atoms with Crippen LogP contribution >= 0.6 is 11.6 Å². The topological polar surface area (TPSA) is 136 Å². The summed E-state index contributed by atoms with van der Waals surface area (Å²) < 4.78 is 157. The van der Waals surface area contributed by atoms with E-state index in [1.54, 1.807) is 6.92 Å². The quantitative estimate of drug-likeness (QED) is 0.108. The van der Waals surface area contributed by atoms with Crippen LogP contribution in [0.5, 0.6) is 0 Å². The number of nitrogens with two attached hydrogens (primary N) is 1. The zero-order chi connectivity index (χ0) is 45.4. The number of nitrogens with one attached hydrogen (secondary N) is 1. The summed E-state index contributed by atoms with van der Waals surface area (Å²) in [7, 11) is -2.21. The predicted molar refractivity (Wildman–Crippen MR) is 209 cm³/mol. The van der Waals surface area contributed by atoms with Crippen molar-refractivity contribution >= 4 is 56.8 Å². The van der Waals surface area contributed by atoms with Gasteiger partial charge in [0.05, 0.1) is 27.7 Å². The first-order valence-electron chi connectivity index (χ1n) is 18.2. The average molecular weight is 908 g/mol. The zero-order valence-electron chi connectivity index (χ0n) is 32.5. The molecule has 1 fully saturated rings. The van der Waals surface area contributed by atoms with Crippen LogP contribution in [0.15, 0.2) is 70.9 Å². The number of alkyl halides is 8. The molecule has 2 aromatic carbocycles. The van der Waals surface area contributed by atoms with Crippen LogP contribution in [0, 0.1) is 17.6 Å². The van der Waals surface area contributed by atoms with Gasteiger partial charge in [0.1, 0.15) is 47.1 Å². The molecule has 1 saturated carbocycles. The van der Waals surface area contributed by atoms with Gasteiger partial charge in [0.15, 0.2) is 5.82 Å². The molecule has 0 saturated heterocycles. The molecule has 2 aromatic heterocycles. The maximum Gasteiger partial charge on any atom is 0.431 e. The molecule has 5 rings (SSSR count). The smallest absolute Gasteiger partial charge is 0.394 e. The Balaban J connectivity index is 1.75. The van der Waals surface area contributed by atoms with Crippen molar-refractivity contribution in [3.05, 3.63) is 99.5 Å². The molecule has 2 amide bonds. The number of halogens is 11. The standard InChI is InChI=1S/C39H36ClF10N7O3S/c1-5-7-30(59)57(61(4)60)36-31-27(40)11-10-25(33(31)56(55-36)18-37(43,44)45)24-9-8-23(6-2)53-32(24)28(15-20-13-21(41)16-22(42)14-20)54-29(58)17-52-35-26(34(51)39(48,49)50)12-19(3)38(35,46)47/h5,7-11,13-14,16,19,28H,6,12,15,17-18,51H2,1-4H3,(H,54,58)/b7-5+,34-26-,52-35?/t19-,28?,61?/m1/s1. The van der Waals surface area contributed by atoms with Gasteiger partial charge in [-0.15, -0.1) is 0 Å². The minimum absolute atomic E-state index is 0.0227. The summed E-state index contributed by atoms with van der Waals surface area (Å²) in [5.74, 6) is -10.3. The number of nitrogens with zero attached hydrogens (tertiary/aromatic N) is 5. The van der Waals surface area contributed by atoms with Gasteiger partial charge in [-0.25, -0.2) is 17.3 Å². The minimum Gasteiger partial charge on any atom is -0.394 e. The first-order valence-corrected chi connectivity index (χ1v) is 20.1. The Kier molecular flexibility index (Phi) is 13.8. The fourth-order valence-electron chi connectivity index (χ4n) is 6.82. The number of aliphatic imine (C=N–C) groups is 1. The number of pyridine rings is 1. The number of hydrogen-bond donors (Lipinski definition) is 2. The monoisotopic (exact) mass is 907 g/mol. The second kappa shape index (κ2) is 18.0. The van der Waals surface area contributed by atoms with E-state index < -0.39 is 113 Å². The molecule has 61 heavy (non-hydrogen) atoms. The highest BCUT2D eigenvalue weighted by atomic mass is 35.5. The number of fused-ring (bicyclic) bond motifs is 1. The molecule has 3 atom stereocenters. The molecule has 2 unspecified atom stereocenters. The van der Waals surface area contributed by atoms with E-state index in [9.17, 15) is 48.9 Å². The SMILES string of the molecule is C/C=C/C(=O)N(c1nn(CC(F)(F)F)c2c(-c3ccc(CC)nc3C(Cc3cc(F)cc(F)c3)NC(=O)CN=C3/C(=C(\N)C(F)(F)F)C[C@@H](C)C3(F)F)ccc(Cl)c12)S(C)=O. The highest BCUT2D eigenvalue weighted by molar-refractivity contribution is 7.86. The molecule has 0 bridgehead atoms. The van der Waals surface area contributed by atoms with Crippen molar-refractivity contribution in [2.24, 2.45) is 16.6 Å². The number of allylic oxidation sites excluding steroid dienone is 3. The van der Waals surface area contributed by atoms with E-state index in [4.69, 9.17) is 17.3 Å². The van der Waals surface area contributed by atoms with Crippen molar-refractivity contribution in [1.29, 1.82) is 0 Å². The maximum absolute atomic E-state index is 15.2. The van der Waals surface area contributed by atoms with E-state index in [1.165, 1.54) is 37.3 Å². The maximum atomic E-state index is 15.2. The third-order valence-electron chi connectivity index (χ3n) is 9.52. The molecule has 328 valence electrons. The van der Waals surface area contributed by atoms with Gasteiger partial charge < -0.3 is 11.1 Å². The first-order chi connectivity index (χ1) is 28.4. The lowest BCUT2D eigenvalue weighted by Crippen LogP contribution is -2.35. The van der Waals surface area contributed by atoms with Gasteiger partial charge in [0, 0.05) is 46.7 Å². The fourth-order valence-corrected chi connectivity index (χ4v) is 7.75. The second-order valence-corrected chi connectivity index (χ2v) is 15.6. The summed E-state index contributed by atoms with van der Waals surface area (Å²) in [6, 6.07) is 6.33. The van der Waals surface area contributed by atoms with E-state index in [0.717, 1.165) is 31.4 Å². The van der Waals surface area contributed by atoms with Gasteiger partial charge in [0.2, 0.25) is 5.91 Å². The molecule has 4 aromatic rings. The van der Waals surface area contributed by atoms with Crippen molar-refractivity contribution in [3.63, 3.8) is 0 Å². The minimum atomic E-state index is -5.20. The van der Waals surface area contributed by atoms with E-state index in [0.29, 0.717) is 20.7 Å². The van der Waals surface area contributed by atoms with E-state index in [1.807, 2.05) is 0 Å². The van der Waals surface area contributed by atoms with Crippen LogP contribution in [0.2, 0.25) is 5.02 Å². The molecule has 1 aliphatic rings. The van der Waals surface area contributed by atoms with Crippen LogP contribution in [0.3, 0.4) is 0 Å². The molecule has 1 aliphatic carbocycles. The van der Waals surface area contributed by atoms with Crippen LogP contribution in [0.25, 0.3) is 22.0 Å². The van der Waals surface area contributed by atoms with Gasteiger partial charge >= 0.3 is 12.4 Å². The molecule has 10 nitrogen and oxygen atoms in total. The average Bonchev–Trinajstić information content (AvgIpc) is 3.61. The highest BCUT2D eigenvalue weighted by Crippen LogP contribution is 2.45. The highest BCUT2D eigenvalue weighted by Gasteiger charge is 2.53. The number of aryl methyl sites for hydroxylation is 1. The van der Waals surface area contributed by atoms with Crippen LogP contribution in [0.1, 0.15) is 50.2 Å². The Morgan fingerprint density at radius 2 is 1.74 bits per heavy atom. The molecular formula is C39H36ClF10N7O3S. The van der Waals surface area contributed by atoms with Gasteiger partial charge in [0.25, 0.3) is 11.8 Å². The molecule has 22 heteroatoms. The summed E-state index contributed by atoms with van der Waals surface area (Å²) >= 11 is 6.59. The Morgan fingerprint density at radius 1 is 1.10 bits per heavy atom. The number of rotatable bonds is 12. The number of carbonyl (C=O) groups excluding carboxylic acids is 2. The summed E-state index contributed by atoms with van der Waals surface area (Å²) in [5.41, 5.74) is 0.702.